The van der Waals surface area contributed by atoms with Crippen molar-refractivity contribution in [1.82, 2.24) is 5.09 Å². The van der Waals surface area contributed by atoms with E-state index in [4.69, 9.17) is 9.05 Å². The van der Waals surface area contributed by atoms with Gasteiger partial charge in [0.15, 0.2) is 0 Å². The number of allylic oxidation sites excluding steroid dienone is 10. The molecule has 0 aliphatic heterocycles. The predicted octanol–water partition coefficient (Wildman–Crippen LogP) is 7.02. The van der Waals surface area contributed by atoms with Gasteiger partial charge in [0.05, 0.1) is 6.61 Å². The zero-order valence-electron chi connectivity index (χ0n) is 16.9. The molecule has 0 aromatic carbocycles. The summed E-state index contributed by atoms with van der Waals surface area (Å²) in [5.74, 6) is 0. The molecule has 26 heavy (non-hydrogen) atoms. The maximum absolute atomic E-state index is 5.55. The first-order valence-corrected chi connectivity index (χ1v) is 10.9. The van der Waals surface area contributed by atoms with Gasteiger partial charge in [0.1, 0.15) is 0 Å². The molecule has 0 fully saturated rings. The van der Waals surface area contributed by atoms with Gasteiger partial charge in [0, 0.05) is 7.11 Å². The zero-order chi connectivity index (χ0) is 19.1. The van der Waals surface area contributed by atoms with Crippen LogP contribution in [0.15, 0.2) is 60.8 Å². The van der Waals surface area contributed by atoms with E-state index >= 15 is 0 Å². The fourth-order valence-corrected chi connectivity index (χ4v) is 2.80. The summed E-state index contributed by atoms with van der Waals surface area (Å²) in [4.78, 5) is 0. The van der Waals surface area contributed by atoms with Crippen LogP contribution in [0.25, 0.3) is 0 Å². The number of unbranched alkanes of at least 4 members (excludes halogenated alkanes) is 2. The van der Waals surface area contributed by atoms with E-state index in [0.717, 1.165) is 58.0 Å². The fraction of sp³-hybridized carbons (Fsp3) is 0.545. The monoisotopic (exact) mass is 379 g/mol. The van der Waals surface area contributed by atoms with Gasteiger partial charge < -0.3 is 9.05 Å². The molecule has 0 aliphatic carbocycles. The third-order valence-corrected chi connectivity index (χ3v) is 4.59. The summed E-state index contributed by atoms with van der Waals surface area (Å²) >= 11 is 0. The second kappa shape index (κ2) is 22.1. The molecule has 4 heteroatoms. The molecular formula is C22H38NO2P. The molecule has 0 saturated carbocycles. The Labute approximate surface area is 162 Å². The van der Waals surface area contributed by atoms with E-state index in [9.17, 15) is 0 Å². The van der Waals surface area contributed by atoms with Crippen molar-refractivity contribution in [2.24, 2.45) is 0 Å². The van der Waals surface area contributed by atoms with E-state index in [2.05, 4.69) is 72.8 Å². The molecule has 3 nitrogen and oxygen atoms in total. The molecule has 0 heterocycles. The standard InChI is InChI=1S/C22H38NO2P/c1-4-5-6-7-8-9-10-11-12-13-14-15-16-17-18-19-20-21-22-25-26(23-2)24-3/h5-6,8-9,11-12,14-15,17-18,23H,4,7,10,13,16,19-22H2,1-3H3/b6-5-,9-8-,12-11-,15-14-,18-17-. The SMILES string of the molecule is CC/C=C\C/C=C\C/C=C\C/C=C\C/C=C\CCCCOP(NC)OC. The molecule has 0 amide bonds. The van der Waals surface area contributed by atoms with Crippen LogP contribution in [-0.4, -0.2) is 20.8 Å². The van der Waals surface area contributed by atoms with Crippen LogP contribution < -0.4 is 5.09 Å². The molecule has 0 spiro atoms. The van der Waals surface area contributed by atoms with Crippen molar-refractivity contribution in [1.29, 1.82) is 0 Å². The summed E-state index contributed by atoms with van der Waals surface area (Å²) in [7, 11) is 2.63. The third-order valence-electron chi connectivity index (χ3n) is 3.48. The highest BCUT2D eigenvalue weighted by atomic mass is 31.2. The molecule has 1 atom stereocenters. The fourth-order valence-electron chi connectivity index (χ4n) is 2.09. The number of hydrogen-bond acceptors (Lipinski definition) is 3. The minimum Gasteiger partial charge on any atom is -0.325 e. The molecule has 0 aromatic heterocycles. The molecule has 1 unspecified atom stereocenters. The Morgan fingerprint density at radius 1 is 0.731 bits per heavy atom. The van der Waals surface area contributed by atoms with Gasteiger partial charge in [0.2, 0.25) is 0 Å². The topological polar surface area (TPSA) is 30.5 Å². The minimum absolute atomic E-state index is 0.755. The van der Waals surface area contributed by atoms with Crippen molar-refractivity contribution in [2.45, 2.75) is 58.3 Å². The second-order valence-corrected chi connectivity index (χ2v) is 7.29. The Bertz CT molecular complexity index is 424. The maximum Gasteiger partial charge on any atom is 0.255 e. The lowest BCUT2D eigenvalue weighted by Crippen LogP contribution is -2.03. The number of hydrogen-bond donors (Lipinski definition) is 1. The average Bonchev–Trinajstić information content (AvgIpc) is 2.66. The maximum atomic E-state index is 5.55. The largest absolute Gasteiger partial charge is 0.325 e. The lowest BCUT2D eigenvalue weighted by molar-refractivity contribution is 0.271. The van der Waals surface area contributed by atoms with E-state index in [1.165, 1.54) is 0 Å². The van der Waals surface area contributed by atoms with Crippen LogP contribution in [0.5, 0.6) is 0 Å². The Hall–Kier alpha value is -0.990. The summed E-state index contributed by atoms with van der Waals surface area (Å²) in [6.45, 7) is 2.92. The van der Waals surface area contributed by atoms with Gasteiger partial charge in [-0.1, -0.05) is 67.7 Å². The lowest BCUT2D eigenvalue weighted by Gasteiger charge is -2.12. The molecule has 0 aliphatic rings. The van der Waals surface area contributed by atoms with E-state index in [0.29, 0.717) is 0 Å². The van der Waals surface area contributed by atoms with Gasteiger partial charge >= 0.3 is 0 Å². The van der Waals surface area contributed by atoms with Gasteiger partial charge in [-0.2, -0.15) is 0 Å². The minimum atomic E-state index is -0.890. The van der Waals surface area contributed by atoms with Crippen LogP contribution in [0.2, 0.25) is 0 Å². The first kappa shape index (κ1) is 25.0. The number of rotatable bonds is 17. The molecule has 1 N–H and O–H groups in total. The molecule has 0 rings (SSSR count). The Balaban J connectivity index is 3.45. The molecule has 0 bridgehead atoms. The Morgan fingerprint density at radius 2 is 1.23 bits per heavy atom. The van der Waals surface area contributed by atoms with Crippen LogP contribution in [0.3, 0.4) is 0 Å². The van der Waals surface area contributed by atoms with Crippen LogP contribution in [-0.2, 0) is 9.05 Å². The number of nitrogens with one attached hydrogen (secondary N) is 1. The van der Waals surface area contributed by atoms with Crippen molar-refractivity contribution < 1.29 is 9.05 Å². The van der Waals surface area contributed by atoms with Crippen molar-refractivity contribution in [2.75, 3.05) is 20.8 Å². The van der Waals surface area contributed by atoms with Crippen LogP contribution >= 0.6 is 8.53 Å². The summed E-state index contributed by atoms with van der Waals surface area (Å²) in [5, 5.41) is 3.00. The predicted molar refractivity (Wildman–Crippen MR) is 117 cm³/mol. The van der Waals surface area contributed by atoms with Gasteiger partial charge in [-0.05, 0) is 58.4 Å². The highest BCUT2D eigenvalue weighted by molar-refractivity contribution is 7.44. The summed E-state index contributed by atoms with van der Waals surface area (Å²) in [5.41, 5.74) is 0. The summed E-state index contributed by atoms with van der Waals surface area (Å²) < 4.78 is 10.7. The van der Waals surface area contributed by atoms with Crippen LogP contribution in [0.1, 0.15) is 58.3 Å². The first-order chi connectivity index (χ1) is 12.8. The van der Waals surface area contributed by atoms with Gasteiger partial charge in [0.25, 0.3) is 8.53 Å². The second-order valence-electron chi connectivity index (χ2n) is 5.70. The molecule has 0 saturated heterocycles. The average molecular weight is 380 g/mol. The van der Waals surface area contributed by atoms with E-state index < -0.39 is 8.53 Å². The van der Waals surface area contributed by atoms with Gasteiger partial charge in [-0.25, -0.2) is 0 Å². The molecule has 148 valence electrons. The first-order valence-electron chi connectivity index (χ1n) is 9.74. The smallest absolute Gasteiger partial charge is 0.255 e. The lowest BCUT2D eigenvalue weighted by atomic mass is 10.2. The highest BCUT2D eigenvalue weighted by Crippen LogP contribution is 2.30. The summed E-state index contributed by atoms with van der Waals surface area (Å²) in [6.07, 6.45) is 30.8. The zero-order valence-corrected chi connectivity index (χ0v) is 17.8. The molecule has 0 radical (unpaired) electrons. The quantitative estimate of drug-likeness (QED) is 0.167. The van der Waals surface area contributed by atoms with Crippen molar-refractivity contribution in [3.63, 3.8) is 0 Å². The summed E-state index contributed by atoms with van der Waals surface area (Å²) in [6, 6.07) is 0. The van der Waals surface area contributed by atoms with Crippen molar-refractivity contribution in [3.05, 3.63) is 60.8 Å². The highest BCUT2D eigenvalue weighted by Gasteiger charge is 2.03. The van der Waals surface area contributed by atoms with Crippen molar-refractivity contribution >= 4 is 8.53 Å². The Morgan fingerprint density at radius 3 is 1.69 bits per heavy atom. The van der Waals surface area contributed by atoms with Crippen LogP contribution in [0.4, 0.5) is 0 Å². The van der Waals surface area contributed by atoms with E-state index in [1.807, 2.05) is 7.05 Å². The van der Waals surface area contributed by atoms with E-state index in [1.54, 1.807) is 7.11 Å². The third kappa shape index (κ3) is 19.3. The van der Waals surface area contributed by atoms with Gasteiger partial charge in [-0.15, -0.1) is 0 Å². The van der Waals surface area contributed by atoms with Crippen molar-refractivity contribution in [3.8, 4) is 0 Å². The van der Waals surface area contributed by atoms with E-state index in [-0.39, 0.29) is 0 Å². The van der Waals surface area contributed by atoms with Crippen LogP contribution in [0, 0.1) is 0 Å². The Kier molecular flexibility index (Phi) is 21.2. The molecular weight excluding hydrogens is 341 g/mol. The van der Waals surface area contributed by atoms with Gasteiger partial charge in [-0.3, -0.25) is 5.09 Å². The normalized spacial score (nSPS) is 14.1. The molecule has 0 aromatic rings.